The van der Waals surface area contributed by atoms with Gasteiger partial charge in [-0.05, 0) is 43.5 Å². The first kappa shape index (κ1) is 12.4. The van der Waals surface area contributed by atoms with Crippen molar-refractivity contribution < 1.29 is 9.84 Å². The summed E-state index contributed by atoms with van der Waals surface area (Å²) in [6.07, 6.45) is 1.12. The molecule has 2 rings (SSSR count). The van der Waals surface area contributed by atoms with Crippen molar-refractivity contribution in [2.45, 2.75) is 19.9 Å². The highest BCUT2D eigenvalue weighted by Gasteiger charge is 2.21. The Bertz CT molecular complexity index is 337. The van der Waals surface area contributed by atoms with E-state index in [1.54, 1.807) is 0 Å². The largest absolute Gasteiger partial charge is 0.494 e. The summed E-state index contributed by atoms with van der Waals surface area (Å²) in [6, 6.07) is 8.30. The minimum Gasteiger partial charge on any atom is -0.494 e. The van der Waals surface area contributed by atoms with E-state index in [0.29, 0.717) is 19.1 Å². The van der Waals surface area contributed by atoms with E-state index in [1.807, 2.05) is 19.1 Å². The lowest BCUT2D eigenvalue weighted by atomic mass is 10.1. The molecule has 17 heavy (non-hydrogen) atoms. The second kappa shape index (κ2) is 6.03. The number of likely N-dealkylation sites (tertiary alicyclic amines) is 1. The van der Waals surface area contributed by atoms with Crippen molar-refractivity contribution >= 4 is 0 Å². The van der Waals surface area contributed by atoms with Gasteiger partial charge >= 0.3 is 0 Å². The summed E-state index contributed by atoms with van der Waals surface area (Å²) in [4.78, 5) is 2.40. The van der Waals surface area contributed by atoms with Crippen LogP contribution in [0.1, 0.15) is 18.9 Å². The fraction of sp³-hybridized carbons (Fsp3) is 0.571. The van der Waals surface area contributed by atoms with Crippen LogP contribution in [-0.4, -0.2) is 36.3 Å². The van der Waals surface area contributed by atoms with E-state index in [1.165, 1.54) is 5.56 Å². The van der Waals surface area contributed by atoms with E-state index < -0.39 is 0 Å². The molecule has 0 aromatic heterocycles. The highest BCUT2D eigenvalue weighted by atomic mass is 16.5. The average molecular weight is 235 g/mol. The van der Waals surface area contributed by atoms with E-state index in [2.05, 4.69) is 17.0 Å². The molecule has 1 heterocycles. The minimum atomic E-state index is 0.319. The normalized spacial score (nSPS) is 20.7. The molecular formula is C14H21NO2. The van der Waals surface area contributed by atoms with Crippen molar-refractivity contribution in [2.24, 2.45) is 5.92 Å². The van der Waals surface area contributed by atoms with E-state index in [4.69, 9.17) is 9.84 Å². The summed E-state index contributed by atoms with van der Waals surface area (Å²) in [5, 5.41) is 9.10. The van der Waals surface area contributed by atoms with Gasteiger partial charge in [0.2, 0.25) is 0 Å². The SMILES string of the molecule is CCOc1ccc(CN2CCC(CO)C2)cc1. The lowest BCUT2D eigenvalue weighted by Crippen LogP contribution is -2.20. The van der Waals surface area contributed by atoms with Crippen LogP contribution in [0.15, 0.2) is 24.3 Å². The molecule has 3 nitrogen and oxygen atoms in total. The molecule has 94 valence electrons. The molecule has 1 unspecified atom stereocenters. The maximum absolute atomic E-state index is 9.10. The summed E-state index contributed by atoms with van der Waals surface area (Å²) in [5.74, 6) is 1.41. The molecule has 1 saturated heterocycles. The summed E-state index contributed by atoms with van der Waals surface area (Å²) in [6.45, 7) is 6.11. The van der Waals surface area contributed by atoms with Crippen molar-refractivity contribution in [1.29, 1.82) is 0 Å². The maximum Gasteiger partial charge on any atom is 0.119 e. The Labute approximate surface area is 103 Å². The first-order valence-corrected chi connectivity index (χ1v) is 6.36. The van der Waals surface area contributed by atoms with Gasteiger partial charge in [0.1, 0.15) is 5.75 Å². The molecule has 1 aromatic carbocycles. The van der Waals surface area contributed by atoms with Gasteiger partial charge in [0.05, 0.1) is 6.61 Å². The summed E-state index contributed by atoms with van der Waals surface area (Å²) < 4.78 is 5.42. The lowest BCUT2D eigenvalue weighted by molar-refractivity contribution is 0.220. The molecule has 0 bridgehead atoms. The predicted octanol–water partition coefficient (Wildman–Crippen LogP) is 1.90. The Morgan fingerprint density at radius 1 is 1.35 bits per heavy atom. The summed E-state index contributed by atoms with van der Waals surface area (Å²) >= 11 is 0. The Kier molecular flexibility index (Phi) is 4.40. The highest BCUT2D eigenvalue weighted by Crippen LogP contribution is 2.19. The minimum absolute atomic E-state index is 0.319. The Morgan fingerprint density at radius 2 is 2.12 bits per heavy atom. The predicted molar refractivity (Wildman–Crippen MR) is 68.1 cm³/mol. The van der Waals surface area contributed by atoms with Crippen LogP contribution in [0.25, 0.3) is 0 Å². The fourth-order valence-electron chi connectivity index (χ4n) is 2.32. The zero-order chi connectivity index (χ0) is 12.1. The Hall–Kier alpha value is -1.06. The highest BCUT2D eigenvalue weighted by molar-refractivity contribution is 5.27. The first-order valence-electron chi connectivity index (χ1n) is 6.36. The molecule has 1 atom stereocenters. The Morgan fingerprint density at radius 3 is 2.71 bits per heavy atom. The quantitative estimate of drug-likeness (QED) is 0.846. The third-order valence-electron chi connectivity index (χ3n) is 3.27. The number of ether oxygens (including phenoxy) is 1. The van der Waals surface area contributed by atoms with E-state index in [9.17, 15) is 0 Å². The van der Waals surface area contributed by atoms with Crippen molar-refractivity contribution in [3.05, 3.63) is 29.8 Å². The molecule has 1 fully saturated rings. The zero-order valence-electron chi connectivity index (χ0n) is 10.4. The van der Waals surface area contributed by atoms with Gasteiger partial charge in [0.25, 0.3) is 0 Å². The van der Waals surface area contributed by atoms with Crippen LogP contribution in [0.3, 0.4) is 0 Å². The number of nitrogens with zero attached hydrogens (tertiary/aromatic N) is 1. The van der Waals surface area contributed by atoms with Crippen LogP contribution in [0.4, 0.5) is 0 Å². The van der Waals surface area contributed by atoms with Gasteiger partial charge in [-0.3, -0.25) is 4.90 Å². The number of hydrogen-bond donors (Lipinski definition) is 1. The zero-order valence-corrected chi connectivity index (χ0v) is 10.4. The third-order valence-corrected chi connectivity index (χ3v) is 3.27. The van der Waals surface area contributed by atoms with Crippen molar-refractivity contribution in [1.82, 2.24) is 4.90 Å². The molecule has 1 aliphatic rings. The molecule has 0 aliphatic carbocycles. The summed E-state index contributed by atoms with van der Waals surface area (Å²) in [5.41, 5.74) is 1.31. The van der Waals surface area contributed by atoms with Crippen LogP contribution in [-0.2, 0) is 6.54 Å². The van der Waals surface area contributed by atoms with Gasteiger partial charge in [-0.2, -0.15) is 0 Å². The van der Waals surface area contributed by atoms with Crippen molar-refractivity contribution in [3.63, 3.8) is 0 Å². The fourth-order valence-corrected chi connectivity index (χ4v) is 2.32. The number of aliphatic hydroxyl groups excluding tert-OH is 1. The number of aliphatic hydroxyl groups is 1. The van der Waals surface area contributed by atoms with Gasteiger partial charge in [-0.1, -0.05) is 12.1 Å². The molecular weight excluding hydrogens is 214 g/mol. The standard InChI is InChI=1S/C14H21NO2/c1-2-17-14-5-3-12(4-6-14)9-15-8-7-13(10-15)11-16/h3-6,13,16H,2,7-11H2,1H3. The molecule has 0 saturated carbocycles. The molecule has 3 heteroatoms. The molecule has 0 spiro atoms. The number of hydrogen-bond acceptors (Lipinski definition) is 3. The topological polar surface area (TPSA) is 32.7 Å². The van der Waals surface area contributed by atoms with Crippen LogP contribution in [0.5, 0.6) is 5.75 Å². The van der Waals surface area contributed by atoms with Crippen LogP contribution in [0.2, 0.25) is 0 Å². The van der Waals surface area contributed by atoms with Crippen LogP contribution < -0.4 is 4.74 Å². The monoisotopic (exact) mass is 235 g/mol. The van der Waals surface area contributed by atoms with Crippen molar-refractivity contribution in [3.8, 4) is 5.75 Å². The first-order chi connectivity index (χ1) is 8.31. The number of rotatable bonds is 5. The van der Waals surface area contributed by atoms with Crippen LogP contribution >= 0.6 is 0 Å². The van der Waals surface area contributed by atoms with E-state index in [-0.39, 0.29) is 0 Å². The second-order valence-corrected chi connectivity index (χ2v) is 4.65. The lowest BCUT2D eigenvalue weighted by Gasteiger charge is -2.15. The molecule has 1 N–H and O–H groups in total. The van der Waals surface area contributed by atoms with Gasteiger partial charge in [-0.25, -0.2) is 0 Å². The van der Waals surface area contributed by atoms with Gasteiger partial charge in [-0.15, -0.1) is 0 Å². The van der Waals surface area contributed by atoms with Gasteiger partial charge < -0.3 is 9.84 Å². The summed E-state index contributed by atoms with van der Waals surface area (Å²) in [7, 11) is 0. The van der Waals surface area contributed by atoms with Crippen LogP contribution in [0, 0.1) is 5.92 Å². The second-order valence-electron chi connectivity index (χ2n) is 4.65. The Balaban J connectivity index is 1.86. The van der Waals surface area contributed by atoms with Crippen molar-refractivity contribution in [2.75, 3.05) is 26.3 Å². The smallest absolute Gasteiger partial charge is 0.119 e. The average Bonchev–Trinajstić information content (AvgIpc) is 2.80. The van der Waals surface area contributed by atoms with E-state index in [0.717, 1.165) is 31.8 Å². The molecule has 0 amide bonds. The van der Waals surface area contributed by atoms with Gasteiger partial charge in [0.15, 0.2) is 0 Å². The molecule has 1 aliphatic heterocycles. The molecule has 0 radical (unpaired) electrons. The third kappa shape index (κ3) is 3.45. The van der Waals surface area contributed by atoms with E-state index >= 15 is 0 Å². The molecule has 1 aromatic rings. The maximum atomic E-state index is 9.10. The number of benzene rings is 1. The van der Waals surface area contributed by atoms with Gasteiger partial charge in [0, 0.05) is 19.7 Å².